The van der Waals surface area contributed by atoms with Crippen LogP contribution < -0.4 is 10.6 Å². The number of aryl methyl sites for hydroxylation is 1. The standard InChI is InChI=1S/C22H27N3O4S/c1-4-25(5-2)30(28,29)19-12-9-15(3)20(14-19)22(27)24-18-8-6-7-17(13-18)23-21(26)16-10-11-16/h6-9,12-14,16H,4-5,10-11H2,1-3H3,(H,23,26)(H,24,27). The van der Waals surface area contributed by atoms with Crippen LogP contribution in [0.2, 0.25) is 0 Å². The first-order valence-electron chi connectivity index (χ1n) is 10.1. The van der Waals surface area contributed by atoms with Crippen LogP contribution in [0.1, 0.15) is 42.6 Å². The van der Waals surface area contributed by atoms with Gasteiger partial charge in [0, 0.05) is 35.9 Å². The van der Waals surface area contributed by atoms with E-state index >= 15 is 0 Å². The van der Waals surface area contributed by atoms with E-state index in [0.29, 0.717) is 30.0 Å². The number of carbonyl (C=O) groups excluding carboxylic acids is 2. The predicted octanol–water partition coefficient (Wildman–Crippen LogP) is 3.63. The SMILES string of the molecule is CCN(CC)S(=O)(=O)c1ccc(C)c(C(=O)Nc2cccc(NC(=O)C3CC3)c2)c1. The Bertz CT molecular complexity index is 1060. The van der Waals surface area contributed by atoms with E-state index in [2.05, 4.69) is 10.6 Å². The van der Waals surface area contributed by atoms with Crippen molar-refractivity contribution in [2.24, 2.45) is 5.92 Å². The first-order chi connectivity index (χ1) is 14.3. The zero-order valence-corrected chi connectivity index (χ0v) is 18.3. The highest BCUT2D eigenvalue weighted by Crippen LogP contribution is 2.30. The Morgan fingerprint density at radius 1 is 1.00 bits per heavy atom. The topological polar surface area (TPSA) is 95.6 Å². The molecule has 0 unspecified atom stereocenters. The number of benzene rings is 2. The van der Waals surface area contributed by atoms with E-state index in [0.717, 1.165) is 12.8 Å². The lowest BCUT2D eigenvalue weighted by molar-refractivity contribution is -0.117. The second-order valence-corrected chi connectivity index (χ2v) is 9.30. The maximum absolute atomic E-state index is 12.9. The molecule has 1 aliphatic carbocycles. The van der Waals surface area contributed by atoms with Gasteiger partial charge in [-0.2, -0.15) is 4.31 Å². The van der Waals surface area contributed by atoms with Gasteiger partial charge in [0.1, 0.15) is 0 Å². The van der Waals surface area contributed by atoms with Crippen molar-refractivity contribution >= 4 is 33.2 Å². The fourth-order valence-corrected chi connectivity index (χ4v) is 4.67. The summed E-state index contributed by atoms with van der Waals surface area (Å²) in [7, 11) is -3.66. The van der Waals surface area contributed by atoms with Gasteiger partial charge in [-0.25, -0.2) is 8.42 Å². The molecular weight excluding hydrogens is 402 g/mol. The number of nitrogens with zero attached hydrogens (tertiary/aromatic N) is 1. The van der Waals surface area contributed by atoms with Crippen molar-refractivity contribution in [3.63, 3.8) is 0 Å². The second-order valence-electron chi connectivity index (χ2n) is 7.36. The van der Waals surface area contributed by atoms with Gasteiger partial charge in [-0.1, -0.05) is 26.0 Å². The van der Waals surface area contributed by atoms with Crippen LogP contribution in [0, 0.1) is 12.8 Å². The number of rotatable bonds is 8. The Morgan fingerprint density at radius 3 is 2.23 bits per heavy atom. The van der Waals surface area contributed by atoms with E-state index in [-0.39, 0.29) is 22.3 Å². The molecule has 0 heterocycles. The molecule has 3 rings (SSSR count). The van der Waals surface area contributed by atoms with Crippen molar-refractivity contribution in [1.29, 1.82) is 0 Å². The van der Waals surface area contributed by atoms with Crippen LogP contribution in [0.4, 0.5) is 11.4 Å². The van der Waals surface area contributed by atoms with Crippen LogP contribution in [-0.2, 0) is 14.8 Å². The average Bonchev–Trinajstić information content (AvgIpc) is 3.54. The van der Waals surface area contributed by atoms with E-state index in [1.807, 2.05) is 0 Å². The molecule has 160 valence electrons. The van der Waals surface area contributed by atoms with E-state index in [1.165, 1.54) is 16.4 Å². The molecule has 1 fully saturated rings. The number of nitrogens with one attached hydrogen (secondary N) is 2. The van der Waals surface area contributed by atoms with Crippen molar-refractivity contribution in [3.05, 3.63) is 53.6 Å². The summed E-state index contributed by atoms with van der Waals surface area (Å²) in [6, 6.07) is 11.5. The van der Waals surface area contributed by atoms with Crippen molar-refractivity contribution in [2.75, 3.05) is 23.7 Å². The van der Waals surface area contributed by atoms with E-state index in [1.54, 1.807) is 51.1 Å². The van der Waals surface area contributed by atoms with Crippen LogP contribution in [0.25, 0.3) is 0 Å². The first-order valence-corrected chi connectivity index (χ1v) is 11.5. The van der Waals surface area contributed by atoms with Gasteiger partial charge in [-0.3, -0.25) is 9.59 Å². The van der Waals surface area contributed by atoms with Gasteiger partial charge in [0.2, 0.25) is 15.9 Å². The highest BCUT2D eigenvalue weighted by atomic mass is 32.2. The van der Waals surface area contributed by atoms with Gasteiger partial charge in [0.25, 0.3) is 5.91 Å². The monoisotopic (exact) mass is 429 g/mol. The number of sulfonamides is 1. The molecule has 1 saturated carbocycles. The lowest BCUT2D eigenvalue weighted by atomic mass is 10.1. The normalized spacial score (nSPS) is 13.9. The third-order valence-electron chi connectivity index (χ3n) is 5.13. The molecular formula is C22H27N3O4S. The molecule has 7 nitrogen and oxygen atoms in total. The van der Waals surface area contributed by atoms with Gasteiger partial charge in [-0.05, 0) is 55.7 Å². The molecule has 0 aliphatic heterocycles. The highest BCUT2D eigenvalue weighted by Gasteiger charge is 2.29. The predicted molar refractivity (Wildman–Crippen MR) is 117 cm³/mol. The summed E-state index contributed by atoms with van der Waals surface area (Å²) >= 11 is 0. The number of carbonyl (C=O) groups is 2. The summed E-state index contributed by atoms with van der Waals surface area (Å²) in [6.07, 6.45) is 1.82. The van der Waals surface area contributed by atoms with Crippen molar-refractivity contribution in [2.45, 2.75) is 38.5 Å². The molecule has 2 aromatic rings. The van der Waals surface area contributed by atoms with Gasteiger partial charge >= 0.3 is 0 Å². The molecule has 1 aliphatic rings. The fourth-order valence-electron chi connectivity index (χ4n) is 3.18. The lowest BCUT2D eigenvalue weighted by Crippen LogP contribution is -2.30. The summed E-state index contributed by atoms with van der Waals surface area (Å²) in [5.41, 5.74) is 2.09. The summed E-state index contributed by atoms with van der Waals surface area (Å²) in [6.45, 7) is 6.02. The third-order valence-corrected chi connectivity index (χ3v) is 7.18. The third kappa shape index (κ3) is 4.88. The molecule has 2 amide bonds. The van der Waals surface area contributed by atoms with E-state index in [4.69, 9.17) is 0 Å². The van der Waals surface area contributed by atoms with Gasteiger partial charge in [0.15, 0.2) is 0 Å². The molecule has 0 saturated heterocycles. The Hall–Kier alpha value is -2.71. The zero-order valence-electron chi connectivity index (χ0n) is 17.4. The first kappa shape index (κ1) is 22.0. The zero-order chi connectivity index (χ0) is 21.9. The van der Waals surface area contributed by atoms with Crippen molar-refractivity contribution in [1.82, 2.24) is 4.31 Å². The van der Waals surface area contributed by atoms with Gasteiger partial charge in [0.05, 0.1) is 4.90 Å². The Morgan fingerprint density at radius 2 is 1.63 bits per heavy atom. The summed E-state index contributed by atoms with van der Waals surface area (Å²) < 4.78 is 27.0. The Balaban J connectivity index is 1.81. The molecule has 2 aromatic carbocycles. The molecule has 0 atom stereocenters. The molecule has 2 N–H and O–H groups in total. The van der Waals surface area contributed by atoms with Crippen LogP contribution in [-0.4, -0.2) is 37.6 Å². The maximum atomic E-state index is 12.9. The summed E-state index contributed by atoms with van der Waals surface area (Å²) in [4.78, 5) is 24.9. The number of hydrogen-bond acceptors (Lipinski definition) is 4. The van der Waals surface area contributed by atoms with Crippen LogP contribution in [0.5, 0.6) is 0 Å². The molecule has 0 radical (unpaired) electrons. The minimum Gasteiger partial charge on any atom is -0.326 e. The van der Waals surface area contributed by atoms with Crippen molar-refractivity contribution in [3.8, 4) is 0 Å². The van der Waals surface area contributed by atoms with Crippen LogP contribution >= 0.6 is 0 Å². The largest absolute Gasteiger partial charge is 0.326 e. The quantitative estimate of drug-likeness (QED) is 0.670. The minimum absolute atomic E-state index is 0.0105. The summed E-state index contributed by atoms with van der Waals surface area (Å²) in [5.74, 6) is -0.334. The average molecular weight is 430 g/mol. The van der Waals surface area contributed by atoms with Gasteiger partial charge < -0.3 is 10.6 Å². The minimum atomic E-state index is -3.66. The van der Waals surface area contributed by atoms with Crippen molar-refractivity contribution < 1.29 is 18.0 Å². The van der Waals surface area contributed by atoms with E-state index < -0.39 is 15.9 Å². The number of anilines is 2. The van der Waals surface area contributed by atoms with Crippen LogP contribution in [0.3, 0.4) is 0 Å². The highest BCUT2D eigenvalue weighted by molar-refractivity contribution is 7.89. The second kappa shape index (κ2) is 8.97. The smallest absolute Gasteiger partial charge is 0.255 e. The molecule has 8 heteroatoms. The molecule has 0 spiro atoms. The molecule has 0 aromatic heterocycles. The lowest BCUT2D eigenvalue weighted by Gasteiger charge is -2.19. The summed E-state index contributed by atoms with van der Waals surface area (Å²) in [5, 5.41) is 5.64. The molecule has 30 heavy (non-hydrogen) atoms. The fraction of sp³-hybridized carbons (Fsp3) is 0.364. The number of amides is 2. The van der Waals surface area contributed by atoms with Crippen LogP contribution in [0.15, 0.2) is 47.4 Å². The number of hydrogen-bond donors (Lipinski definition) is 2. The molecule has 0 bridgehead atoms. The Labute approximate surface area is 177 Å². The Kier molecular flexibility index (Phi) is 6.58. The maximum Gasteiger partial charge on any atom is 0.255 e. The van der Waals surface area contributed by atoms with E-state index in [9.17, 15) is 18.0 Å². The van der Waals surface area contributed by atoms with Gasteiger partial charge in [-0.15, -0.1) is 0 Å².